The zero-order chi connectivity index (χ0) is 22.6. The van der Waals surface area contributed by atoms with Gasteiger partial charge in [0.15, 0.2) is 6.79 Å². The van der Waals surface area contributed by atoms with E-state index in [1.165, 1.54) is 6.92 Å². The van der Waals surface area contributed by atoms with Crippen LogP contribution in [0.5, 0.6) is 5.75 Å². The Morgan fingerprint density at radius 1 is 1.17 bits per heavy atom. The lowest BCUT2D eigenvalue weighted by atomic mass is 10.0. The van der Waals surface area contributed by atoms with Crippen LogP contribution in [0, 0.1) is 5.82 Å². The van der Waals surface area contributed by atoms with Gasteiger partial charge in [-0.2, -0.15) is 13.2 Å². The maximum atomic E-state index is 14.0. The molecule has 0 saturated heterocycles. The highest BCUT2D eigenvalue weighted by Crippen LogP contribution is 2.41. The van der Waals surface area contributed by atoms with Crippen molar-refractivity contribution in [3.63, 3.8) is 0 Å². The molecule has 1 rings (SSSR count). The molecule has 1 N–H and O–H groups in total. The van der Waals surface area contributed by atoms with Gasteiger partial charge in [-0.25, -0.2) is 4.39 Å². The van der Waals surface area contributed by atoms with Crippen LogP contribution in [-0.4, -0.2) is 30.8 Å². The largest absolute Gasteiger partial charge is 0.598 e. The summed E-state index contributed by atoms with van der Waals surface area (Å²) in [4.78, 5) is 0. The highest BCUT2D eigenvalue weighted by molar-refractivity contribution is 7.90. The van der Waals surface area contributed by atoms with E-state index in [0.717, 1.165) is 12.1 Å². The second-order valence-electron chi connectivity index (χ2n) is 9.07. The summed E-state index contributed by atoms with van der Waals surface area (Å²) in [6.07, 6.45) is -4.81. The second-order valence-corrected chi connectivity index (χ2v) is 16.7. The Morgan fingerprint density at radius 2 is 1.76 bits per heavy atom. The van der Waals surface area contributed by atoms with E-state index in [4.69, 9.17) is 9.47 Å². The Labute approximate surface area is 174 Å². The predicted octanol–water partition coefficient (Wildman–Crippen LogP) is 5.65. The van der Waals surface area contributed by atoms with Crippen LogP contribution in [0.25, 0.3) is 0 Å². The molecule has 1 aromatic carbocycles. The summed E-state index contributed by atoms with van der Waals surface area (Å²) in [5.41, 5.74) is -1.29. The number of ether oxygens (including phenoxy) is 2. The summed E-state index contributed by atoms with van der Waals surface area (Å²) in [5.74, 6) is -1.56. The standard InChI is InChI=1S/C19H31F4NO3SSi/c1-13(24-28(25)18(2,3)4)15-10-14(20)11-16(19(21,22)23)17(15)27-12-26-8-9-29(5,6)7/h10-11,13,24H,8-9,12H2,1-7H3/t13-,28?/m1/s1. The van der Waals surface area contributed by atoms with Crippen molar-refractivity contribution in [3.8, 4) is 5.75 Å². The van der Waals surface area contributed by atoms with Crippen molar-refractivity contribution in [1.82, 2.24) is 4.72 Å². The molecule has 4 nitrogen and oxygen atoms in total. The number of rotatable bonds is 9. The summed E-state index contributed by atoms with van der Waals surface area (Å²) < 4.78 is 79.5. The van der Waals surface area contributed by atoms with E-state index in [-0.39, 0.29) is 12.4 Å². The Morgan fingerprint density at radius 3 is 2.24 bits per heavy atom. The van der Waals surface area contributed by atoms with Crippen LogP contribution >= 0.6 is 0 Å². The Balaban J connectivity index is 3.12. The minimum atomic E-state index is -4.81. The van der Waals surface area contributed by atoms with Crippen LogP contribution in [0.4, 0.5) is 17.6 Å². The first-order chi connectivity index (χ1) is 13.0. The van der Waals surface area contributed by atoms with Crippen LogP contribution < -0.4 is 9.46 Å². The minimum absolute atomic E-state index is 0.0660. The fraction of sp³-hybridized carbons (Fsp3) is 0.684. The van der Waals surface area contributed by atoms with Crippen molar-refractivity contribution in [1.29, 1.82) is 0 Å². The fourth-order valence-corrected chi connectivity index (χ4v) is 3.81. The van der Waals surface area contributed by atoms with Gasteiger partial charge in [0.1, 0.15) is 21.9 Å². The van der Waals surface area contributed by atoms with Gasteiger partial charge in [0.2, 0.25) is 0 Å². The third kappa shape index (κ3) is 8.83. The van der Waals surface area contributed by atoms with Crippen LogP contribution in [0.2, 0.25) is 25.7 Å². The van der Waals surface area contributed by atoms with E-state index >= 15 is 0 Å². The molecule has 0 fully saturated rings. The number of benzene rings is 1. The van der Waals surface area contributed by atoms with Gasteiger partial charge in [-0.15, -0.1) is 4.72 Å². The molecule has 0 spiro atoms. The average molecular weight is 458 g/mol. The van der Waals surface area contributed by atoms with Gasteiger partial charge in [-0.3, -0.25) is 0 Å². The van der Waals surface area contributed by atoms with Crippen LogP contribution in [0.1, 0.15) is 44.9 Å². The quantitative estimate of drug-likeness (QED) is 0.171. The molecule has 0 bridgehead atoms. The number of hydrogen-bond donors (Lipinski definition) is 1. The van der Waals surface area contributed by atoms with Gasteiger partial charge in [-0.1, -0.05) is 19.6 Å². The van der Waals surface area contributed by atoms with Crippen molar-refractivity contribution in [2.24, 2.45) is 0 Å². The van der Waals surface area contributed by atoms with Crippen molar-refractivity contribution < 1.29 is 31.6 Å². The second kappa shape index (κ2) is 10.00. The number of halogens is 4. The summed E-state index contributed by atoms with van der Waals surface area (Å²) in [6, 6.07) is 1.35. The van der Waals surface area contributed by atoms with Crippen molar-refractivity contribution in [3.05, 3.63) is 29.1 Å². The number of nitrogens with one attached hydrogen (secondary N) is 1. The lowest BCUT2D eigenvalue weighted by molar-refractivity contribution is -0.140. The van der Waals surface area contributed by atoms with Crippen LogP contribution in [0.3, 0.4) is 0 Å². The third-order valence-electron chi connectivity index (χ3n) is 3.98. The Bertz CT molecular complexity index is 675. The maximum absolute atomic E-state index is 14.0. The van der Waals surface area contributed by atoms with Gasteiger partial charge in [0, 0.05) is 31.6 Å². The number of hydrogen-bond acceptors (Lipinski definition) is 4. The topological polar surface area (TPSA) is 53.5 Å². The average Bonchev–Trinajstić information content (AvgIpc) is 2.52. The molecule has 0 aliphatic carbocycles. The molecule has 0 amide bonds. The maximum Gasteiger partial charge on any atom is 0.420 e. The van der Waals surface area contributed by atoms with E-state index < -0.39 is 53.5 Å². The first kappa shape index (κ1) is 26.2. The molecule has 0 aliphatic rings. The Kier molecular flexibility index (Phi) is 9.04. The lowest BCUT2D eigenvalue weighted by Gasteiger charge is -2.28. The first-order valence-corrected chi connectivity index (χ1v) is 14.2. The highest BCUT2D eigenvalue weighted by atomic mass is 32.2. The van der Waals surface area contributed by atoms with Crippen LogP contribution in [0.15, 0.2) is 12.1 Å². The zero-order valence-corrected chi connectivity index (χ0v) is 19.8. The SMILES string of the molecule is C[C@@H](N[S+]([O-])C(C)(C)C)c1cc(F)cc(C(F)(F)F)c1OCOCC[Si](C)(C)C. The summed E-state index contributed by atoms with van der Waals surface area (Å²) in [6.45, 7) is 13.1. The molecule has 1 unspecified atom stereocenters. The molecular formula is C19H31F4NO3SSi. The van der Waals surface area contributed by atoms with E-state index in [0.29, 0.717) is 12.7 Å². The van der Waals surface area contributed by atoms with E-state index in [9.17, 15) is 22.1 Å². The molecule has 0 radical (unpaired) electrons. The predicted molar refractivity (Wildman–Crippen MR) is 110 cm³/mol. The normalized spacial score (nSPS) is 15.3. The molecule has 0 saturated carbocycles. The minimum Gasteiger partial charge on any atom is -0.598 e. The molecule has 0 aromatic heterocycles. The van der Waals surface area contributed by atoms with E-state index in [2.05, 4.69) is 24.4 Å². The molecule has 29 heavy (non-hydrogen) atoms. The molecular weight excluding hydrogens is 426 g/mol. The molecule has 2 atom stereocenters. The van der Waals surface area contributed by atoms with Gasteiger partial charge in [-0.05, 0) is 45.9 Å². The van der Waals surface area contributed by atoms with Crippen LogP contribution in [-0.2, 0) is 22.3 Å². The molecule has 0 heterocycles. The smallest absolute Gasteiger partial charge is 0.420 e. The molecule has 1 aromatic rings. The van der Waals surface area contributed by atoms with E-state index in [1.54, 1.807) is 20.8 Å². The summed E-state index contributed by atoms with van der Waals surface area (Å²) in [7, 11) is -1.35. The van der Waals surface area contributed by atoms with Gasteiger partial charge < -0.3 is 14.0 Å². The monoisotopic (exact) mass is 457 g/mol. The van der Waals surface area contributed by atoms with E-state index in [1.807, 2.05) is 0 Å². The zero-order valence-electron chi connectivity index (χ0n) is 18.0. The first-order valence-electron chi connectivity index (χ1n) is 9.31. The third-order valence-corrected chi connectivity index (χ3v) is 7.36. The van der Waals surface area contributed by atoms with Gasteiger partial charge in [0.05, 0.1) is 6.04 Å². The van der Waals surface area contributed by atoms with Crippen molar-refractivity contribution in [2.45, 2.75) is 70.3 Å². The van der Waals surface area contributed by atoms with Crippen molar-refractivity contribution >= 4 is 19.4 Å². The number of alkyl halides is 3. The Hall–Kier alpha value is -0.813. The van der Waals surface area contributed by atoms with Crippen molar-refractivity contribution in [2.75, 3.05) is 13.4 Å². The van der Waals surface area contributed by atoms with Gasteiger partial charge in [0.25, 0.3) is 0 Å². The molecule has 0 aliphatic heterocycles. The lowest BCUT2D eigenvalue weighted by Crippen LogP contribution is -2.40. The molecule has 168 valence electrons. The fourth-order valence-electron chi connectivity index (χ4n) is 2.25. The summed E-state index contributed by atoms with van der Waals surface area (Å²) in [5, 5.41) is 0. The molecule has 10 heteroatoms. The highest BCUT2D eigenvalue weighted by Gasteiger charge is 2.38. The van der Waals surface area contributed by atoms with Gasteiger partial charge >= 0.3 is 6.18 Å². The summed E-state index contributed by atoms with van der Waals surface area (Å²) >= 11 is -1.57.